The van der Waals surface area contributed by atoms with Gasteiger partial charge >= 0.3 is 0 Å². The van der Waals surface area contributed by atoms with E-state index in [1.165, 1.54) is 5.56 Å². The molecule has 0 atom stereocenters. The monoisotopic (exact) mass is 249 g/mol. The molecular weight excluding hydrogens is 234 g/mol. The molecule has 2 aromatic rings. The standard InChI is InChI=1S/C11H15N5S/c1-8-9(3-5-12)11(16(2)15-8)17-10-4-6-13-7-14-10/h4,6-7H,3,5,12H2,1-2H3. The highest BCUT2D eigenvalue weighted by atomic mass is 32.2. The Labute approximate surface area is 104 Å². The van der Waals surface area contributed by atoms with Crippen LogP contribution in [0.5, 0.6) is 0 Å². The quantitative estimate of drug-likeness (QED) is 0.824. The zero-order chi connectivity index (χ0) is 12.3. The molecule has 6 heteroatoms. The van der Waals surface area contributed by atoms with Crippen molar-refractivity contribution < 1.29 is 0 Å². The summed E-state index contributed by atoms with van der Waals surface area (Å²) in [4.78, 5) is 8.11. The molecule has 0 aliphatic rings. The van der Waals surface area contributed by atoms with E-state index >= 15 is 0 Å². The Morgan fingerprint density at radius 3 is 2.94 bits per heavy atom. The lowest BCUT2D eigenvalue weighted by Crippen LogP contribution is -2.04. The van der Waals surface area contributed by atoms with E-state index < -0.39 is 0 Å². The highest BCUT2D eigenvalue weighted by molar-refractivity contribution is 7.99. The first-order chi connectivity index (χ1) is 8.22. The van der Waals surface area contributed by atoms with E-state index in [2.05, 4.69) is 15.1 Å². The molecule has 0 aromatic carbocycles. The fraction of sp³-hybridized carbons (Fsp3) is 0.364. The van der Waals surface area contributed by atoms with Gasteiger partial charge in [-0.25, -0.2) is 9.97 Å². The van der Waals surface area contributed by atoms with Gasteiger partial charge in [0.25, 0.3) is 0 Å². The molecule has 0 saturated carbocycles. The molecule has 2 heterocycles. The van der Waals surface area contributed by atoms with Gasteiger partial charge in [0, 0.05) is 18.8 Å². The maximum Gasteiger partial charge on any atom is 0.116 e. The number of rotatable bonds is 4. The van der Waals surface area contributed by atoms with E-state index in [1.807, 2.05) is 24.7 Å². The first-order valence-corrected chi connectivity index (χ1v) is 6.20. The SMILES string of the molecule is Cc1nn(C)c(Sc2ccncn2)c1CCN. The predicted molar refractivity (Wildman–Crippen MR) is 66.9 cm³/mol. The van der Waals surface area contributed by atoms with E-state index in [0.717, 1.165) is 22.2 Å². The van der Waals surface area contributed by atoms with Gasteiger partial charge in [0.1, 0.15) is 16.4 Å². The lowest BCUT2D eigenvalue weighted by Gasteiger charge is -2.04. The first-order valence-electron chi connectivity index (χ1n) is 5.38. The lowest BCUT2D eigenvalue weighted by molar-refractivity contribution is 0.687. The molecule has 0 aliphatic heterocycles. The van der Waals surface area contributed by atoms with Crippen LogP contribution in [0.3, 0.4) is 0 Å². The van der Waals surface area contributed by atoms with Crippen LogP contribution in [0, 0.1) is 6.92 Å². The van der Waals surface area contributed by atoms with Crippen molar-refractivity contribution in [2.75, 3.05) is 6.54 Å². The Hall–Kier alpha value is -1.40. The minimum atomic E-state index is 0.629. The number of aromatic nitrogens is 4. The van der Waals surface area contributed by atoms with Crippen molar-refractivity contribution in [1.29, 1.82) is 0 Å². The van der Waals surface area contributed by atoms with Crippen molar-refractivity contribution in [2.45, 2.75) is 23.4 Å². The summed E-state index contributed by atoms with van der Waals surface area (Å²) in [5, 5.41) is 6.44. The zero-order valence-corrected chi connectivity index (χ0v) is 10.7. The summed E-state index contributed by atoms with van der Waals surface area (Å²) in [5.74, 6) is 0. The van der Waals surface area contributed by atoms with Gasteiger partial charge in [0.15, 0.2) is 0 Å². The summed E-state index contributed by atoms with van der Waals surface area (Å²) in [6, 6.07) is 1.89. The van der Waals surface area contributed by atoms with E-state index in [0.29, 0.717) is 6.54 Å². The van der Waals surface area contributed by atoms with Crippen LogP contribution in [-0.4, -0.2) is 26.3 Å². The van der Waals surface area contributed by atoms with Crippen LogP contribution in [0.2, 0.25) is 0 Å². The number of nitrogens with two attached hydrogens (primary N) is 1. The Morgan fingerprint density at radius 1 is 1.47 bits per heavy atom. The highest BCUT2D eigenvalue weighted by Crippen LogP contribution is 2.30. The predicted octanol–water partition coefficient (Wildman–Crippen LogP) is 1.17. The van der Waals surface area contributed by atoms with Crippen molar-refractivity contribution >= 4 is 11.8 Å². The summed E-state index contributed by atoms with van der Waals surface area (Å²) in [6.45, 7) is 2.64. The van der Waals surface area contributed by atoms with Crippen molar-refractivity contribution in [2.24, 2.45) is 12.8 Å². The third kappa shape index (κ3) is 2.65. The van der Waals surface area contributed by atoms with Gasteiger partial charge in [-0.2, -0.15) is 5.10 Å². The lowest BCUT2D eigenvalue weighted by atomic mass is 10.2. The van der Waals surface area contributed by atoms with Gasteiger partial charge in [0.05, 0.1) is 5.69 Å². The van der Waals surface area contributed by atoms with Gasteiger partial charge < -0.3 is 5.73 Å². The molecule has 0 fully saturated rings. The number of hydrogen-bond donors (Lipinski definition) is 1. The maximum atomic E-state index is 5.63. The summed E-state index contributed by atoms with van der Waals surface area (Å²) in [5.41, 5.74) is 7.87. The first kappa shape index (κ1) is 12.1. The molecule has 2 N–H and O–H groups in total. The van der Waals surface area contributed by atoms with Gasteiger partial charge in [-0.05, 0) is 26.0 Å². The smallest absolute Gasteiger partial charge is 0.116 e. The van der Waals surface area contributed by atoms with Crippen molar-refractivity contribution in [3.63, 3.8) is 0 Å². The fourth-order valence-corrected chi connectivity index (χ4v) is 2.65. The van der Waals surface area contributed by atoms with Gasteiger partial charge in [-0.1, -0.05) is 11.8 Å². The van der Waals surface area contributed by atoms with Gasteiger partial charge in [-0.3, -0.25) is 4.68 Å². The topological polar surface area (TPSA) is 69.6 Å². The van der Waals surface area contributed by atoms with Crippen LogP contribution in [0.1, 0.15) is 11.3 Å². The highest BCUT2D eigenvalue weighted by Gasteiger charge is 2.14. The third-order valence-corrected chi connectivity index (χ3v) is 3.59. The Bertz CT molecular complexity index is 494. The second kappa shape index (κ2) is 5.29. The summed E-state index contributed by atoms with van der Waals surface area (Å²) >= 11 is 1.60. The molecular formula is C11H15N5S. The van der Waals surface area contributed by atoms with Crippen LogP contribution in [0.4, 0.5) is 0 Å². The van der Waals surface area contributed by atoms with Gasteiger partial charge in [0.2, 0.25) is 0 Å². The zero-order valence-electron chi connectivity index (χ0n) is 9.92. The second-order valence-electron chi connectivity index (χ2n) is 3.68. The van der Waals surface area contributed by atoms with E-state index in [9.17, 15) is 0 Å². The minimum Gasteiger partial charge on any atom is -0.330 e. The van der Waals surface area contributed by atoms with Crippen LogP contribution in [0.25, 0.3) is 0 Å². The minimum absolute atomic E-state index is 0.629. The fourth-order valence-electron chi connectivity index (χ4n) is 1.68. The summed E-state index contributed by atoms with van der Waals surface area (Å²) in [6.07, 6.45) is 4.13. The van der Waals surface area contributed by atoms with Crippen molar-refractivity contribution in [3.8, 4) is 0 Å². The molecule has 0 saturated heterocycles. The largest absolute Gasteiger partial charge is 0.330 e. The number of hydrogen-bond acceptors (Lipinski definition) is 5. The molecule has 0 amide bonds. The van der Waals surface area contributed by atoms with E-state index in [1.54, 1.807) is 24.3 Å². The normalized spacial score (nSPS) is 10.8. The van der Waals surface area contributed by atoms with Crippen LogP contribution in [-0.2, 0) is 13.5 Å². The molecule has 5 nitrogen and oxygen atoms in total. The molecule has 2 rings (SSSR count). The second-order valence-corrected chi connectivity index (χ2v) is 4.69. The molecule has 0 aliphatic carbocycles. The Morgan fingerprint density at radius 2 is 2.29 bits per heavy atom. The van der Waals surface area contributed by atoms with Crippen LogP contribution >= 0.6 is 11.8 Å². The molecule has 0 bridgehead atoms. The van der Waals surface area contributed by atoms with Crippen molar-refractivity contribution in [3.05, 3.63) is 29.8 Å². The Balaban J connectivity index is 2.31. The molecule has 2 aromatic heterocycles. The van der Waals surface area contributed by atoms with Gasteiger partial charge in [-0.15, -0.1) is 0 Å². The molecule has 0 unspecified atom stereocenters. The Kier molecular flexibility index (Phi) is 3.75. The molecule has 0 spiro atoms. The molecule has 0 radical (unpaired) electrons. The molecule has 90 valence electrons. The number of nitrogens with zero attached hydrogens (tertiary/aromatic N) is 4. The molecule has 17 heavy (non-hydrogen) atoms. The maximum absolute atomic E-state index is 5.63. The average molecular weight is 249 g/mol. The van der Waals surface area contributed by atoms with E-state index in [4.69, 9.17) is 5.73 Å². The van der Waals surface area contributed by atoms with E-state index in [-0.39, 0.29) is 0 Å². The number of aryl methyl sites for hydroxylation is 2. The average Bonchev–Trinajstić information content (AvgIpc) is 2.58. The summed E-state index contributed by atoms with van der Waals surface area (Å²) < 4.78 is 1.88. The van der Waals surface area contributed by atoms with Crippen molar-refractivity contribution in [1.82, 2.24) is 19.7 Å². The third-order valence-electron chi connectivity index (χ3n) is 2.44. The summed E-state index contributed by atoms with van der Waals surface area (Å²) in [7, 11) is 1.94. The van der Waals surface area contributed by atoms with Crippen LogP contribution in [0.15, 0.2) is 28.6 Å². The van der Waals surface area contributed by atoms with Crippen LogP contribution < -0.4 is 5.73 Å².